The molecule has 1 heterocycles. The highest BCUT2D eigenvalue weighted by Crippen LogP contribution is 2.30. The molecule has 0 unspecified atom stereocenters. The summed E-state index contributed by atoms with van der Waals surface area (Å²) < 4.78 is 5.41. The van der Waals surface area contributed by atoms with Crippen molar-refractivity contribution in [3.8, 4) is 23.1 Å². The van der Waals surface area contributed by atoms with E-state index in [1.165, 1.54) is 5.56 Å². The first-order valence-electron chi connectivity index (χ1n) is 6.56. The van der Waals surface area contributed by atoms with Crippen molar-refractivity contribution in [2.24, 2.45) is 0 Å². The third-order valence-corrected chi connectivity index (χ3v) is 3.09. The van der Waals surface area contributed by atoms with Gasteiger partial charge < -0.3 is 4.74 Å². The van der Waals surface area contributed by atoms with Gasteiger partial charge in [0, 0.05) is 11.3 Å². The van der Waals surface area contributed by atoms with Crippen LogP contribution in [0.1, 0.15) is 24.0 Å². The van der Waals surface area contributed by atoms with Crippen LogP contribution < -0.4 is 4.74 Å². The van der Waals surface area contributed by atoms with Crippen molar-refractivity contribution in [1.29, 1.82) is 5.26 Å². The number of nitrogens with zero attached hydrogens (tertiary/aromatic N) is 3. The first kappa shape index (κ1) is 14.0. The number of methoxy groups -OCH3 is 1. The molecular formula is C16H17N3O. The molecule has 1 aromatic carbocycles. The van der Waals surface area contributed by atoms with Crippen molar-refractivity contribution in [2.75, 3.05) is 7.11 Å². The fourth-order valence-corrected chi connectivity index (χ4v) is 2.09. The molecular weight excluding hydrogens is 250 g/mol. The molecule has 0 bridgehead atoms. The van der Waals surface area contributed by atoms with Crippen LogP contribution in [0.3, 0.4) is 0 Å². The van der Waals surface area contributed by atoms with Gasteiger partial charge >= 0.3 is 0 Å². The van der Waals surface area contributed by atoms with Gasteiger partial charge in [-0.1, -0.05) is 13.0 Å². The lowest BCUT2D eigenvalue weighted by molar-refractivity contribution is 0.416. The van der Waals surface area contributed by atoms with E-state index in [4.69, 9.17) is 10.00 Å². The second-order valence-corrected chi connectivity index (χ2v) is 4.53. The molecule has 4 nitrogen and oxygen atoms in total. The Labute approximate surface area is 119 Å². The molecule has 2 aromatic rings. The van der Waals surface area contributed by atoms with Crippen LogP contribution in [-0.4, -0.2) is 17.1 Å². The van der Waals surface area contributed by atoms with E-state index in [0.717, 1.165) is 29.1 Å². The molecule has 0 aliphatic heterocycles. The van der Waals surface area contributed by atoms with Gasteiger partial charge in [0.25, 0.3) is 0 Å². The molecule has 0 N–H and O–H groups in total. The lowest BCUT2D eigenvalue weighted by Gasteiger charge is -2.11. The van der Waals surface area contributed by atoms with Crippen LogP contribution in [0, 0.1) is 18.3 Å². The molecule has 2 rings (SSSR count). The first-order chi connectivity index (χ1) is 9.67. The zero-order valence-electron chi connectivity index (χ0n) is 12.0. The predicted octanol–water partition coefficient (Wildman–Crippen LogP) is 3.09. The Kier molecular flexibility index (Phi) is 4.31. The summed E-state index contributed by atoms with van der Waals surface area (Å²) in [6.07, 6.45) is 1.16. The fraction of sp³-hybridized carbons (Fsp3) is 0.312. The maximum absolute atomic E-state index is 8.80. The summed E-state index contributed by atoms with van der Waals surface area (Å²) >= 11 is 0. The van der Waals surface area contributed by atoms with Gasteiger partial charge in [-0.3, -0.25) is 0 Å². The largest absolute Gasteiger partial charge is 0.496 e. The number of ether oxygens (including phenoxy) is 1. The molecule has 1 aromatic heterocycles. The lowest BCUT2D eigenvalue weighted by Crippen LogP contribution is -2.00. The second kappa shape index (κ2) is 6.16. The van der Waals surface area contributed by atoms with Crippen molar-refractivity contribution in [3.63, 3.8) is 0 Å². The molecule has 20 heavy (non-hydrogen) atoms. The van der Waals surface area contributed by atoms with Crippen molar-refractivity contribution in [1.82, 2.24) is 9.97 Å². The summed E-state index contributed by atoms with van der Waals surface area (Å²) in [4.78, 5) is 8.74. The highest BCUT2D eigenvalue weighted by atomic mass is 16.5. The molecule has 102 valence electrons. The van der Waals surface area contributed by atoms with Crippen molar-refractivity contribution in [2.45, 2.75) is 26.7 Å². The molecule has 0 saturated heterocycles. The van der Waals surface area contributed by atoms with E-state index in [1.54, 1.807) is 7.11 Å². The van der Waals surface area contributed by atoms with Gasteiger partial charge in [0.1, 0.15) is 11.6 Å². The van der Waals surface area contributed by atoms with Gasteiger partial charge in [-0.2, -0.15) is 5.26 Å². The second-order valence-electron chi connectivity index (χ2n) is 4.53. The molecule has 0 aliphatic rings. The fourth-order valence-electron chi connectivity index (χ4n) is 2.09. The quantitative estimate of drug-likeness (QED) is 0.854. The minimum absolute atomic E-state index is 0.213. The third kappa shape index (κ3) is 2.94. The summed E-state index contributed by atoms with van der Waals surface area (Å²) in [5.41, 5.74) is 3.81. The molecule has 0 amide bonds. The number of rotatable bonds is 4. The van der Waals surface area contributed by atoms with Crippen LogP contribution >= 0.6 is 0 Å². The van der Waals surface area contributed by atoms with Gasteiger partial charge in [-0.15, -0.1) is 0 Å². The summed E-state index contributed by atoms with van der Waals surface area (Å²) in [7, 11) is 1.65. The summed E-state index contributed by atoms with van der Waals surface area (Å²) in [6.45, 7) is 4.01. The van der Waals surface area contributed by atoms with Crippen LogP contribution in [0.4, 0.5) is 0 Å². The average molecular weight is 267 g/mol. The van der Waals surface area contributed by atoms with Gasteiger partial charge in [0.15, 0.2) is 0 Å². The van der Waals surface area contributed by atoms with E-state index < -0.39 is 0 Å². The molecule has 0 aliphatic carbocycles. The van der Waals surface area contributed by atoms with Crippen molar-refractivity contribution < 1.29 is 4.74 Å². The molecule has 0 spiro atoms. The number of benzene rings is 1. The maximum Gasteiger partial charge on any atom is 0.143 e. The Hall–Kier alpha value is -2.41. The SMILES string of the molecule is CCc1ccc(OC)c(-c2cc(C)nc(CC#N)n2)c1. The highest BCUT2D eigenvalue weighted by Gasteiger charge is 2.10. The zero-order chi connectivity index (χ0) is 14.5. The number of aromatic nitrogens is 2. The van der Waals surface area contributed by atoms with E-state index in [2.05, 4.69) is 29.0 Å². The van der Waals surface area contributed by atoms with Gasteiger partial charge in [0.05, 0.1) is 25.3 Å². The first-order valence-corrected chi connectivity index (χ1v) is 6.56. The lowest BCUT2D eigenvalue weighted by atomic mass is 10.0. The van der Waals surface area contributed by atoms with Gasteiger partial charge in [-0.05, 0) is 37.1 Å². The Morgan fingerprint density at radius 1 is 1.25 bits per heavy atom. The molecule has 0 saturated carbocycles. The zero-order valence-corrected chi connectivity index (χ0v) is 12.0. The van der Waals surface area contributed by atoms with Crippen molar-refractivity contribution >= 4 is 0 Å². The normalized spacial score (nSPS) is 10.1. The van der Waals surface area contributed by atoms with Crippen LogP contribution in [0.5, 0.6) is 5.75 Å². The standard InChI is InChI=1S/C16H17N3O/c1-4-12-5-6-15(20-3)13(10-12)14-9-11(2)18-16(19-14)7-8-17/h5-6,9-10H,4,7H2,1-3H3. The number of aryl methyl sites for hydroxylation is 2. The third-order valence-electron chi connectivity index (χ3n) is 3.09. The summed E-state index contributed by atoms with van der Waals surface area (Å²) in [6, 6.07) is 10.1. The van der Waals surface area contributed by atoms with Crippen LogP contribution in [0.15, 0.2) is 24.3 Å². The maximum atomic E-state index is 8.80. The minimum Gasteiger partial charge on any atom is -0.496 e. The highest BCUT2D eigenvalue weighted by molar-refractivity contribution is 5.68. The number of nitriles is 1. The molecule has 0 radical (unpaired) electrons. The van der Waals surface area contributed by atoms with Crippen molar-refractivity contribution in [3.05, 3.63) is 41.3 Å². The molecule has 0 fully saturated rings. The Morgan fingerprint density at radius 3 is 2.70 bits per heavy atom. The Balaban J connectivity index is 2.57. The van der Waals surface area contributed by atoms with Crippen LogP contribution in [0.25, 0.3) is 11.3 Å². The minimum atomic E-state index is 0.213. The summed E-state index contributed by atoms with van der Waals surface area (Å²) in [5, 5.41) is 8.80. The topological polar surface area (TPSA) is 58.8 Å². The smallest absolute Gasteiger partial charge is 0.143 e. The average Bonchev–Trinajstić information content (AvgIpc) is 2.46. The summed E-state index contributed by atoms with van der Waals surface area (Å²) in [5.74, 6) is 1.33. The Morgan fingerprint density at radius 2 is 2.05 bits per heavy atom. The monoisotopic (exact) mass is 267 g/mol. The molecule has 4 heteroatoms. The van der Waals surface area contributed by atoms with E-state index in [-0.39, 0.29) is 6.42 Å². The number of hydrogen-bond acceptors (Lipinski definition) is 4. The van der Waals surface area contributed by atoms with Crippen LogP contribution in [-0.2, 0) is 12.8 Å². The predicted molar refractivity (Wildman–Crippen MR) is 77.5 cm³/mol. The molecule has 0 atom stereocenters. The van der Waals surface area contributed by atoms with Crippen LogP contribution in [0.2, 0.25) is 0 Å². The number of hydrogen-bond donors (Lipinski definition) is 0. The Bertz CT molecular complexity index is 659. The van der Waals surface area contributed by atoms with Gasteiger partial charge in [-0.25, -0.2) is 9.97 Å². The van der Waals surface area contributed by atoms with E-state index in [1.807, 2.05) is 25.1 Å². The van der Waals surface area contributed by atoms with Gasteiger partial charge in [0.2, 0.25) is 0 Å². The van der Waals surface area contributed by atoms with E-state index in [0.29, 0.717) is 5.82 Å². The van der Waals surface area contributed by atoms with E-state index in [9.17, 15) is 0 Å². The van der Waals surface area contributed by atoms with E-state index >= 15 is 0 Å².